The zero-order valence-electron chi connectivity index (χ0n) is 18.9. The number of aliphatic hydroxyl groups is 1. The standard InChI is InChI=1S/C22H32N4O4S/c1-8-9-18(24-21-14(3)15(4)25-26-21)16-10-20(31(28,29)22(5,6)7)19(11-17(16)23)30-12-13(2)27/h8-11,13,27H,1,12,23H2,2-7H3,(H2,24,25,26)/b18-9+. The summed E-state index contributed by atoms with van der Waals surface area (Å²) < 4.78 is 31.2. The van der Waals surface area contributed by atoms with Crippen LogP contribution in [0.25, 0.3) is 5.70 Å². The van der Waals surface area contributed by atoms with E-state index in [1.165, 1.54) is 12.1 Å². The first-order chi connectivity index (χ1) is 14.3. The number of nitrogens with two attached hydrogens (primary N) is 1. The third kappa shape index (κ3) is 5.29. The Morgan fingerprint density at radius 1 is 1.39 bits per heavy atom. The van der Waals surface area contributed by atoms with E-state index in [1.807, 2.05) is 13.8 Å². The Bertz CT molecular complexity index is 1090. The van der Waals surface area contributed by atoms with Crippen LogP contribution in [0.5, 0.6) is 5.75 Å². The molecule has 0 bridgehead atoms. The van der Waals surface area contributed by atoms with Crippen molar-refractivity contribution in [1.29, 1.82) is 0 Å². The molecule has 1 atom stereocenters. The summed E-state index contributed by atoms with van der Waals surface area (Å²) in [7, 11) is -3.78. The van der Waals surface area contributed by atoms with Crippen molar-refractivity contribution in [2.45, 2.75) is 57.3 Å². The minimum atomic E-state index is -3.78. The molecule has 170 valence electrons. The van der Waals surface area contributed by atoms with Crippen LogP contribution in [0.2, 0.25) is 0 Å². The van der Waals surface area contributed by atoms with Crippen LogP contribution in [-0.4, -0.2) is 41.2 Å². The van der Waals surface area contributed by atoms with Gasteiger partial charge in [0.2, 0.25) is 0 Å². The molecule has 5 N–H and O–H groups in total. The van der Waals surface area contributed by atoms with Gasteiger partial charge in [0.1, 0.15) is 17.3 Å². The van der Waals surface area contributed by atoms with Crippen LogP contribution in [0.1, 0.15) is 44.5 Å². The summed E-state index contributed by atoms with van der Waals surface area (Å²) in [6.45, 7) is 13.9. The van der Waals surface area contributed by atoms with Crippen molar-refractivity contribution >= 4 is 27.0 Å². The predicted molar refractivity (Wildman–Crippen MR) is 125 cm³/mol. The number of nitrogen functional groups attached to an aromatic ring is 1. The highest BCUT2D eigenvalue weighted by molar-refractivity contribution is 7.92. The fourth-order valence-corrected chi connectivity index (χ4v) is 4.04. The van der Waals surface area contributed by atoms with E-state index in [-0.39, 0.29) is 17.3 Å². The molecule has 0 aliphatic rings. The number of aromatic amines is 1. The van der Waals surface area contributed by atoms with E-state index in [0.29, 0.717) is 22.8 Å². The van der Waals surface area contributed by atoms with E-state index in [1.54, 1.807) is 39.8 Å². The third-order valence-electron chi connectivity index (χ3n) is 4.77. The maximum atomic E-state index is 13.3. The summed E-state index contributed by atoms with van der Waals surface area (Å²) in [5, 5.41) is 20.0. The number of allylic oxidation sites excluding steroid dienone is 2. The molecule has 31 heavy (non-hydrogen) atoms. The highest BCUT2D eigenvalue weighted by Gasteiger charge is 2.34. The van der Waals surface area contributed by atoms with Crippen molar-refractivity contribution in [2.24, 2.45) is 0 Å². The normalized spacial score (nSPS) is 13.7. The molecule has 0 saturated carbocycles. The number of nitrogens with zero attached hydrogens (tertiary/aromatic N) is 1. The van der Waals surface area contributed by atoms with Crippen LogP contribution in [0.15, 0.2) is 35.8 Å². The molecule has 0 aliphatic heterocycles. The fraction of sp³-hybridized carbons (Fsp3) is 0.409. The van der Waals surface area contributed by atoms with Crippen molar-refractivity contribution in [3.63, 3.8) is 0 Å². The van der Waals surface area contributed by atoms with Gasteiger partial charge in [-0.25, -0.2) is 8.42 Å². The third-order valence-corrected chi connectivity index (χ3v) is 7.28. The zero-order chi connectivity index (χ0) is 23.6. The first-order valence-electron chi connectivity index (χ1n) is 9.90. The van der Waals surface area contributed by atoms with Crippen LogP contribution < -0.4 is 15.8 Å². The summed E-state index contributed by atoms with van der Waals surface area (Å²) in [6.07, 6.45) is 2.50. The van der Waals surface area contributed by atoms with E-state index in [2.05, 4.69) is 22.1 Å². The van der Waals surface area contributed by atoms with E-state index >= 15 is 0 Å². The average Bonchev–Trinajstić information content (AvgIpc) is 2.97. The largest absolute Gasteiger partial charge is 0.489 e. The number of hydrogen-bond donors (Lipinski definition) is 4. The Morgan fingerprint density at radius 3 is 2.52 bits per heavy atom. The molecular weight excluding hydrogens is 416 g/mol. The number of sulfone groups is 1. The van der Waals surface area contributed by atoms with Gasteiger partial charge in [-0.05, 0) is 53.7 Å². The number of benzene rings is 1. The average molecular weight is 449 g/mol. The van der Waals surface area contributed by atoms with Gasteiger partial charge in [0.15, 0.2) is 15.7 Å². The monoisotopic (exact) mass is 448 g/mol. The van der Waals surface area contributed by atoms with Crippen molar-refractivity contribution in [3.05, 3.63) is 47.7 Å². The molecule has 0 radical (unpaired) electrons. The van der Waals surface area contributed by atoms with Crippen LogP contribution >= 0.6 is 0 Å². The zero-order valence-corrected chi connectivity index (χ0v) is 19.7. The Hall–Kier alpha value is -2.78. The van der Waals surface area contributed by atoms with Crippen molar-refractivity contribution in [1.82, 2.24) is 10.2 Å². The molecular formula is C22H32N4O4S. The van der Waals surface area contributed by atoms with Gasteiger partial charge in [-0.1, -0.05) is 12.7 Å². The van der Waals surface area contributed by atoms with Gasteiger partial charge < -0.3 is 20.9 Å². The second-order valence-corrected chi connectivity index (χ2v) is 11.1. The van der Waals surface area contributed by atoms with Crippen LogP contribution in [-0.2, 0) is 9.84 Å². The number of ether oxygens (including phenoxy) is 1. The Labute approximate surface area is 184 Å². The van der Waals surface area contributed by atoms with Gasteiger partial charge in [-0.2, -0.15) is 5.10 Å². The smallest absolute Gasteiger partial charge is 0.186 e. The molecule has 9 heteroatoms. The van der Waals surface area contributed by atoms with E-state index < -0.39 is 20.7 Å². The van der Waals surface area contributed by atoms with E-state index in [0.717, 1.165) is 11.3 Å². The van der Waals surface area contributed by atoms with Crippen molar-refractivity contribution < 1.29 is 18.3 Å². The Kier molecular flexibility index (Phi) is 7.23. The topological polar surface area (TPSA) is 130 Å². The van der Waals surface area contributed by atoms with Gasteiger partial charge in [-0.15, -0.1) is 0 Å². The summed E-state index contributed by atoms with van der Waals surface area (Å²) in [4.78, 5) is -0.00320. The minimum absolute atomic E-state index is 0.00320. The molecule has 0 saturated heterocycles. The first kappa shape index (κ1) is 24.5. The number of aliphatic hydroxyl groups excluding tert-OH is 1. The minimum Gasteiger partial charge on any atom is -0.489 e. The lowest BCUT2D eigenvalue weighted by atomic mass is 10.1. The van der Waals surface area contributed by atoms with Gasteiger partial charge in [0, 0.05) is 34.3 Å². The van der Waals surface area contributed by atoms with Gasteiger partial charge >= 0.3 is 0 Å². The molecule has 8 nitrogen and oxygen atoms in total. The second kappa shape index (κ2) is 9.15. The quantitative estimate of drug-likeness (QED) is 0.359. The van der Waals surface area contributed by atoms with Crippen LogP contribution in [0.4, 0.5) is 11.5 Å². The SMILES string of the molecule is C=C/C=C(/Nc1n[nH]c(C)c1C)c1cc(S(=O)(=O)C(C)(C)C)c(OCC(C)O)cc1N. The highest BCUT2D eigenvalue weighted by atomic mass is 32.2. The number of nitrogens with one attached hydrogen (secondary N) is 2. The fourth-order valence-electron chi connectivity index (χ4n) is 2.72. The van der Waals surface area contributed by atoms with Crippen molar-refractivity contribution in [3.8, 4) is 5.75 Å². The molecule has 2 rings (SSSR count). The highest BCUT2D eigenvalue weighted by Crippen LogP contribution is 2.38. The number of anilines is 2. The summed E-state index contributed by atoms with van der Waals surface area (Å²) in [6, 6.07) is 2.96. The first-order valence-corrected chi connectivity index (χ1v) is 11.4. The van der Waals surface area contributed by atoms with Gasteiger partial charge in [0.05, 0.1) is 10.9 Å². The number of H-pyrrole nitrogens is 1. The Morgan fingerprint density at radius 2 is 2.03 bits per heavy atom. The molecule has 0 spiro atoms. The molecule has 0 amide bonds. The molecule has 0 fully saturated rings. The number of aromatic nitrogens is 2. The Balaban J connectivity index is 2.68. The maximum absolute atomic E-state index is 13.3. The van der Waals surface area contributed by atoms with Crippen LogP contribution in [0.3, 0.4) is 0 Å². The molecule has 2 aromatic rings. The molecule has 0 aliphatic carbocycles. The molecule has 1 unspecified atom stereocenters. The van der Waals surface area contributed by atoms with Crippen LogP contribution in [0, 0.1) is 13.8 Å². The lowest BCUT2D eigenvalue weighted by Crippen LogP contribution is -2.29. The predicted octanol–water partition coefficient (Wildman–Crippen LogP) is 3.58. The maximum Gasteiger partial charge on any atom is 0.186 e. The van der Waals surface area contributed by atoms with Gasteiger partial charge in [0.25, 0.3) is 0 Å². The number of hydrogen-bond acceptors (Lipinski definition) is 7. The van der Waals surface area contributed by atoms with E-state index in [9.17, 15) is 13.5 Å². The lowest BCUT2D eigenvalue weighted by molar-refractivity contribution is 0.121. The summed E-state index contributed by atoms with van der Waals surface area (Å²) in [5.41, 5.74) is 9.44. The molecule has 1 aromatic carbocycles. The van der Waals surface area contributed by atoms with Crippen molar-refractivity contribution in [2.75, 3.05) is 17.7 Å². The summed E-state index contributed by atoms with van der Waals surface area (Å²) >= 11 is 0. The number of aryl methyl sites for hydroxylation is 1. The molecule has 1 aromatic heterocycles. The molecule has 1 heterocycles. The van der Waals surface area contributed by atoms with E-state index in [4.69, 9.17) is 10.5 Å². The second-order valence-electron chi connectivity index (χ2n) is 8.43. The summed E-state index contributed by atoms with van der Waals surface area (Å²) in [5.74, 6) is 0.696. The number of rotatable bonds is 8. The lowest BCUT2D eigenvalue weighted by Gasteiger charge is -2.23. The van der Waals surface area contributed by atoms with Gasteiger partial charge in [-0.3, -0.25) is 5.10 Å².